The summed E-state index contributed by atoms with van der Waals surface area (Å²) in [5.41, 5.74) is 0. The van der Waals surface area contributed by atoms with Crippen molar-refractivity contribution in [1.29, 1.82) is 0 Å². The van der Waals surface area contributed by atoms with E-state index in [9.17, 15) is 4.79 Å². The largest absolute Gasteiger partial charge is 0.481 e. The van der Waals surface area contributed by atoms with Crippen LogP contribution in [-0.2, 0) is 9.53 Å². The lowest BCUT2D eigenvalue weighted by molar-refractivity contribution is -0.149. The average molecular weight is 265 g/mol. The van der Waals surface area contributed by atoms with Gasteiger partial charge in [0, 0.05) is 12.3 Å². The summed E-state index contributed by atoms with van der Waals surface area (Å²) in [6.45, 7) is 2.38. The highest BCUT2D eigenvalue weighted by molar-refractivity contribution is 5.72. The van der Waals surface area contributed by atoms with Crippen molar-refractivity contribution in [3.63, 3.8) is 0 Å². The fraction of sp³-hybridized carbons (Fsp3) is 0.600. The molecule has 1 aliphatic rings. The third-order valence-electron chi connectivity index (χ3n) is 3.07. The van der Waals surface area contributed by atoms with E-state index < -0.39 is 0 Å². The van der Waals surface area contributed by atoms with Crippen molar-refractivity contribution in [3.05, 3.63) is 24.4 Å². The normalized spacial score (nSPS) is 15.1. The van der Waals surface area contributed by atoms with Gasteiger partial charge < -0.3 is 9.47 Å². The van der Waals surface area contributed by atoms with E-state index in [0.29, 0.717) is 12.5 Å². The van der Waals surface area contributed by atoms with Crippen LogP contribution in [0.25, 0.3) is 0 Å². The molecule has 0 spiro atoms. The molecule has 0 amide bonds. The first kappa shape index (κ1) is 15.5. The number of nitrogens with zero attached hydrogens (tertiary/aromatic N) is 1. The second kappa shape index (κ2) is 9.36. The maximum Gasteiger partial charge on any atom is 0.308 e. The number of hydrogen-bond donors (Lipinski definition) is 0. The molecule has 1 saturated carbocycles. The fourth-order valence-electron chi connectivity index (χ4n) is 2.07. The second-order valence-corrected chi connectivity index (χ2v) is 4.46. The molecule has 0 radical (unpaired) electrons. The van der Waals surface area contributed by atoms with Crippen LogP contribution in [0.5, 0.6) is 5.88 Å². The zero-order chi connectivity index (χ0) is 13.9. The van der Waals surface area contributed by atoms with Gasteiger partial charge in [-0.1, -0.05) is 25.3 Å². The number of aromatic nitrogens is 1. The number of hydrogen-bond acceptors (Lipinski definition) is 4. The topological polar surface area (TPSA) is 48.4 Å². The Balaban J connectivity index is 0.000000200. The van der Waals surface area contributed by atoms with Crippen molar-refractivity contribution < 1.29 is 14.3 Å². The second-order valence-electron chi connectivity index (χ2n) is 4.46. The SMILES string of the molecule is CCOC(=O)C1CCCCC1.COc1ccccn1. The molecule has 4 nitrogen and oxygen atoms in total. The van der Waals surface area contributed by atoms with Crippen LogP contribution in [0.15, 0.2) is 24.4 Å². The van der Waals surface area contributed by atoms with Crippen LogP contribution in [0.3, 0.4) is 0 Å². The molecule has 106 valence electrons. The lowest BCUT2D eigenvalue weighted by Gasteiger charge is -2.19. The van der Waals surface area contributed by atoms with Gasteiger partial charge in [-0.25, -0.2) is 4.98 Å². The van der Waals surface area contributed by atoms with Crippen molar-refractivity contribution in [1.82, 2.24) is 4.98 Å². The van der Waals surface area contributed by atoms with Gasteiger partial charge in [0.1, 0.15) is 0 Å². The molecule has 0 aliphatic heterocycles. The predicted molar refractivity (Wildman–Crippen MR) is 74.0 cm³/mol. The minimum atomic E-state index is 0.0206. The van der Waals surface area contributed by atoms with Crippen LogP contribution < -0.4 is 4.74 Å². The highest BCUT2D eigenvalue weighted by Gasteiger charge is 2.21. The number of esters is 1. The molecular weight excluding hydrogens is 242 g/mol. The van der Waals surface area contributed by atoms with Crippen LogP contribution in [0, 0.1) is 5.92 Å². The minimum Gasteiger partial charge on any atom is -0.481 e. The van der Waals surface area contributed by atoms with E-state index in [4.69, 9.17) is 9.47 Å². The van der Waals surface area contributed by atoms with E-state index in [-0.39, 0.29) is 11.9 Å². The molecule has 19 heavy (non-hydrogen) atoms. The third kappa shape index (κ3) is 6.22. The summed E-state index contributed by atoms with van der Waals surface area (Å²) in [7, 11) is 1.60. The van der Waals surface area contributed by atoms with Gasteiger partial charge in [-0.15, -0.1) is 0 Å². The maximum atomic E-state index is 11.2. The first-order valence-corrected chi connectivity index (χ1v) is 6.89. The average Bonchev–Trinajstić information content (AvgIpc) is 2.50. The maximum absolute atomic E-state index is 11.2. The number of ether oxygens (including phenoxy) is 2. The van der Waals surface area contributed by atoms with E-state index in [0.717, 1.165) is 12.8 Å². The van der Waals surface area contributed by atoms with Crippen LogP contribution in [0.2, 0.25) is 0 Å². The zero-order valence-electron chi connectivity index (χ0n) is 11.8. The van der Waals surface area contributed by atoms with Crippen LogP contribution in [0.4, 0.5) is 0 Å². The first-order valence-electron chi connectivity index (χ1n) is 6.89. The summed E-state index contributed by atoms with van der Waals surface area (Å²) in [5.74, 6) is 0.892. The third-order valence-corrected chi connectivity index (χ3v) is 3.07. The van der Waals surface area contributed by atoms with Crippen molar-refractivity contribution in [3.8, 4) is 5.88 Å². The standard InChI is InChI=1S/C9H16O2.C6H7NO/c1-2-11-9(10)8-6-4-3-5-7-8;1-8-6-4-2-3-5-7-6/h8H,2-7H2,1H3;2-5H,1H3. The van der Waals surface area contributed by atoms with E-state index >= 15 is 0 Å². The fourth-order valence-corrected chi connectivity index (χ4v) is 2.07. The summed E-state index contributed by atoms with van der Waals surface area (Å²) < 4.78 is 9.75. The Bertz CT molecular complexity index is 348. The molecule has 1 aliphatic carbocycles. The van der Waals surface area contributed by atoms with E-state index in [2.05, 4.69) is 4.98 Å². The summed E-state index contributed by atoms with van der Waals surface area (Å²) in [5, 5.41) is 0. The number of carbonyl (C=O) groups excluding carboxylic acids is 1. The smallest absolute Gasteiger partial charge is 0.308 e. The molecule has 1 heterocycles. The molecule has 0 saturated heterocycles. The summed E-state index contributed by atoms with van der Waals surface area (Å²) >= 11 is 0. The molecule has 1 fully saturated rings. The number of pyridine rings is 1. The molecule has 2 rings (SSSR count). The Morgan fingerprint density at radius 2 is 2.05 bits per heavy atom. The summed E-state index contributed by atoms with van der Waals surface area (Å²) in [4.78, 5) is 15.1. The zero-order valence-corrected chi connectivity index (χ0v) is 11.8. The van der Waals surface area contributed by atoms with Crippen LogP contribution in [0.1, 0.15) is 39.0 Å². The quantitative estimate of drug-likeness (QED) is 0.787. The summed E-state index contributed by atoms with van der Waals surface area (Å²) in [6.07, 6.45) is 7.46. The Morgan fingerprint density at radius 3 is 2.53 bits per heavy atom. The molecule has 0 bridgehead atoms. The molecular formula is C15H23NO3. The van der Waals surface area contributed by atoms with Gasteiger partial charge in [0.2, 0.25) is 5.88 Å². The van der Waals surface area contributed by atoms with Crippen molar-refractivity contribution in [2.75, 3.05) is 13.7 Å². The van der Waals surface area contributed by atoms with Crippen LogP contribution in [-0.4, -0.2) is 24.7 Å². The molecule has 1 aromatic rings. The van der Waals surface area contributed by atoms with Gasteiger partial charge in [-0.3, -0.25) is 4.79 Å². The molecule has 0 unspecified atom stereocenters. The highest BCUT2D eigenvalue weighted by atomic mass is 16.5. The summed E-state index contributed by atoms with van der Waals surface area (Å²) in [6, 6.07) is 5.54. The van der Waals surface area contributed by atoms with Gasteiger partial charge in [-0.05, 0) is 25.8 Å². The van der Waals surface area contributed by atoms with Gasteiger partial charge in [0.15, 0.2) is 0 Å². The monoisotopic (exact) mass is 265 g/mol. The Hall–Kier alpha value is -1.58. The van der Waals surface area contributed by atoms with Crippen molar-refractivity contribution in [2.45, 2.75) is 39.0 Å². The van der Waals surface area contributed by atoms with Gasteiger partial charge in [0.05, 0.1) is 19.6 Å². The van der Waals surface area contributed by atoms with E-state index in [1.165, 1.54) is 19.3 Å². The predicted octanol–water partition coefficient (Wildman–Crippen LogP) is 3.22. The Kier molecular flexibility index (Phi) is 7.63. The molecule has 0 atom stereocenters. The highest BCUT2D eigenvalue weighted by Crippen LogP contribution is 2.24. The van der Waals surface area contributed by atoms with Gasteiger partial charge in [-0.2, -0.15) is 0 Å². The minimum absolute atomic E-state index is 0.0206. The number of rotatable bonds is 3. The molecule has 4 heteroatoms. The number of carbonyl (C=O) groups is 1. The molecule has 0 N–H and O–H groups in total. The van der Waals surface area contributed by atoms with Gasteiger partial charge >= 0.3 is 5.97 Å². The van der Waals surface area contributed by atoms with Crippen molar-refractivity contribution >= 4 is 5.97 Å². The number of methoxy groups -OCH3 is 1. The Morgan fingerprint density at radius 1 is 1.32 bits per heavy atom. The van der Waals surface area contributed by atoms with E-state index in [1.54, 1.807) is 19.4 Å². The Labute approximate surface area is 115 Å². The van der Waals surface area contributed by atoms with Gasteiger partial charge in [0.25, 0.3) is 0 Å². The van der Waals surface area contributed by atoms with E-state index in [1.807, 2.05) is 19.1 Å². The lowest BCUT2D eigenvalue weighted by Crippen LogP contribution is -2.20. The first-order chi connectivity index (χ1) is 9.27. The molecule has 1 aromatic heterocycles. The molecule has 0 aromatic carbocycles. The van der Waals surface area contributed by atoms with Crippen LogP contribution >= 0.6 is 0 Å². The lowest BCUT2D eigenvalue weighted by atomic mass is 9.89. The van der Waals surface area contributed by atoms with Crippen molar-refractivity contribution in [2.24, 2.45) is 5.92 Å².